The molecule has 2 heterocycles. The van der Waals surface area contributed by atoms with Crippen molar-refractivity contribution in [2.45, 2.75) is 18.9 Å². The second kappa shape index (κ2) is 5.49. The van der Waals surface area contributed by atoms with Crippen LogP contribution < -0.4 is 10.6 Å². The molecule has 2 aromatic rings. The number of anilines is 1. The minimum absolute atomic E-state index is 0.0230. The van der Waals surface area contributed by atoms with Crippen LogP contribution in [0.15, 0.2) is 22.7 Å². The topological polar surface area (TPSA) is 100 Å². The zero-order chi connectivity index (χ0) is 14.8. The zero-order valence-corrected chi connectivity index (χ0v) is 11.0. The number of carbonyl (C=O) groups excluding carboxylic acids is 1. The lowest BCUT2D eigenvalue weighted by molar-refractivity contribution is 0.101. The Labute approximate surface area is 119 Å². The lowest BCUT2D eigenvalue weighted by Gasteiger charge is -2.03. The van der Waals surface area contributed by atoms with E-state index in [2.05, 4.69) is 20.8 Å². The fourth-order valence-electron chi connectivity index (χ4n) is 2.14. The summed E-state index contributed by atoms with van der Waals surface area (Å²) in [5.41, 5.74) is 0.195. The molecular formula is C13H13FN4O3. The predicted molar refractivity (Wildman–Crippen MR) is 70.3 cm³/mol. The highest BCUT2D eigenvalue weighted by Crippen LogP contribution is 2.22. The van der Waals surface area contributed by atoms with Gasteiger partial charge in [-0.3, -0.25) is 4.79 Å². The van der Waals surface area contributed by atoms with E-state index in [0.717, 1.165) is 31.5 Å². The molecule has 0 aliphatic carbocycles. The average molecular weight is 292 g/mol. The maximum atomic E-state index is 13.2. The van der Waals surface area contributed by atoms with Gasteiger partial charge in [0.2, 0.25) is 5.89 Å². The van der Waals surface area contributed by atoms with Gasteiger partial charge >= 0.3 is 0 Å². The standard InChI is InChI=1S/C13H13FN4O3/c14-8-6-7(3-4-10(8)19)16-12(20)11-17-13(21-18-11)9-2-1-5-15-9/h3-4,6,9,15,19H,1-2,5H2,(H,16,20). The number of phenols is 1. The average Bonchev–Trinajstić information content (AvgIpc) is 3.12. The molecule has 0 bridgehead atoms. The molecule has 1 aliphatic rings. The minimum atomic E-state index is -0.822. The smallest absolute Gasteiger partial charge is 0.297 e. The summed E-state index contributed by atoms with van der Waals surface area (Å²) in [5, 5.41) is 18.3. The van der Waals surface area contributed by atoms with Gasteiger partial charge in [-0.05, 0) is 31.5 Å². The summed E-state index contributed by atoms with van der Waals surface area (Å²) < 4.78 is 18.2. The van der Waals surface area contributed by atoms with Crippen molar-refractivity contribution >= 4 is 11.6 Å². The number of hydrogen-bond acceptors (Lipinski definition) is 6. The first-order valence-corrected chi connectivity index (χ1v) is 6.50. The van der Waals surface area contributed by atoms with E-state index in [1.165, 1.54) is 6.07 Å². The molecule has 21 heavy (non-hydrogen) atoms. The number of nitrogens with one attached hydrogen (secondary N) is 2. The van der Waals surface area contributed by atoms with Crippen LogP contribution in [0.25, 0.3) is 0 Å². The largest absolute Gasteiger partial charge is 0.505 e. The lowest BCUT2D eigenvalue weighted by atomic mass is 10.2. The second-order valence-corrected chi connectivity index (χ2v) is 4.73. The van der Waals surface area contributed by atoms with Crippen LogP contribution in [0.4, 0.5) is 10.1 Å². The van der Waals surface area contributed by atoms with Crippen LogP contribution in [-0.4, -0.2) is 27.7 Å². The Hall–Kier alpha value is -2.48. The molecule has 1 aromatic heterocycles. The predicted octanol–water partition coefficient (Wildman–Crippen LogP) is 1.59. The summed E-state index contributed by atoms with van der Waals surface area (Å²) in [6.45, 7) is 0.876. The number of phenolic OH excluding ortho intramolecular Hbond substituents is 1. The number of aromatic hydroxyl groups is 1. The van der Waals surface area contributed by atoms with Crippen LogP contribution in [0.3, 0.4) is 0 Å². The van der Waals surface area contributed by atoms with Gasteiger partial charge in [-0.25, -0.2) is 4.39 Å². The fraction of sp³-hybridized carbons (Fsp3) is 0.308. The summed E-state index contributed by atoms with van der Waals surface area (Å²) in [6, 6.07) is 3.50. The van der Waals surface area contributed by atoms with Crippen molar-refractivity contribution in [1.82, 2.24) is 15.5 Å². The normalized spacial score (nSPS) is 17.9. The van der Waals surface area contributed by atoms with Gasteiger partial charge in [0.15, 0.2) is 11.6 Å². The molecular weight excluding hydrogens is 279 g/mol. The molecule has 1 saturated heterocycles. The minimum Gasteiger partial charge on any atom is -0.505 e. The Morgan fingerprint density at radius 3 is 3.10 bits per heavy atom. The molecule has 3 N–H and O–H groups in total. The van der Waals surface area contributed by atoms with Crippen molar-refractivity contribution in [3.05, 3.63) is 35.7 Å². The van der Waals surface area contributed by atoms with Crippen LogP contribution in [-0.2, 0) is 0 Å². The highest BCUT2D eigenvalue weighted by molar-refractivity contribution is 6.01. The first kappa shape index (κ1) is 13.5. The maximum absolute atomic E-state index is 13.2. The molecule has 1 unspecified atom stereocenters. The van der Waals surface area contributed by atoms with Gasteiger partial charge in [0.1, 0.15) is 0 Å². The van der Waals surface area contributed by atoms with E-state index in [-0.39, 0.29) is 17.6 Å². The summed E-state index contributed by atoms with van der Waals surface area (Å²) in [6.07, 6.45) is 1.90. The molecule has 0 radical (unpaired) electrons. The zero-order valence-electron chi connectivity index (χ0n) is 11.0. The third-order valence-corrected chi connectivity index (χ3v) is 3.21. The second-order valence-electron chi connectivity index (χ2n) is 4.73. The van der Waals surface area contributed by atoms with Crippen molar-refractivity contribution < 1.29 is 18.8 Å². The highest BCUT2D eigenvalue weighted by atomic mass is 19.1. The van der Waals surface area contributed by atoms with Gasteiger partial charge in [0.25, 0.3) is 11.7 Å². The van der Waals surface area contributed by atoms with Gasteiger partial charge in [0.05, 0.1) is 6.04 Å². The number of rotatable bonds is 3. The van der Waals surface area contributed by atoms with Crippen LogP contribution in [0.1, 0.15) is 35.4 Å². The molecule has 110 valence electrons. The molecule has 0 spiro atoms. The maximum Gasteiger partial charge on any atom is 0.297 e. The van der Waals surface area contributed by atoms with Gasteiger partial charge < -0.3 is 20.3 Å². The lowest BCUT2D eigenvalue weighted by Crippen LogP contribution is -2.15. The van der Waals surface area contributed by atoms with Gasteiger partial charge in [-0.15, -0.1) is 0 Å². The Morgan fingerprint density at radius 1 is 1.52 bits per heavy atom. The van der Waals surface area contributed by atoms with Gasteiger partial charge in [-0.2, -0.15) is 4.98 Å². The monoisotopic (exact) mass is 292 g/mol. The number of nitrogens with zero attached hydrogens (tertiary/aromatic N) is 2. The Kier molecular flexibility index (Phi) is 3.53. The summed E-state index contributed by atoms with van der Waals surface area (Å²) in [7, 11) is 0. The third-order valence-electron chi connectivity index (χ3n) is 3.21. The van der Waals surface area contributed by atoms with E-state index in [1.807, 2.05) is 0 Å². The molecule has 7 nitrogen and oxygen atoms in total. The van der Waals surface area contributed by atoms with E-state index in [4.69, 9.17) is 9.63 Å². The van der Waals surface area contributed by atoms with E-state index in [0.29, 0.717) is 5.89 Å². The van der Waals surface area contributed by atoms with Gasteiger partial charge in [0, 0.05) is 11.8 Å². The van der Waals surface area contributed by atoms with Crippen LogP contribution >= 0.6 is 0 Å². The van der Waals surface area contributed by atoms with Gasteiger partial charge in [-0.1, -0.05) is 5.16 Å². The van der Waals surface area contributed by atoms with Crippen molar-refractivity contribution in [1.29, 1.82) is 0 Å². The van der Waals surface area contributed by atoms with Crippen LogP contribution in [0.2, 0.25) is 0 Å². The number of hydrogen-bond donors (Lipinski definition) is 3. The van der Waals surface area contributed by atoms with Crippen molar-refractivity contribution in [3.63, 3.8) is 0 Å². The first-order chi connectivity index (χ1) is 10.1. The van der Waals surface area contributed by atoms with E-state index >= 15 is 0 Å². The summed E-state index contributed by atoms with van der Waals surface area (Å²) in [4.78, 5) is 16.0. The number of halogens is 1. The molecule has 0 saturated carbocycles. The van der Waals surface area contributed by atoms with Crippen LogP contribution in [0, 0.1) is 5.82 Å². The molecule has 1 aliphatic heterocycles. The number of carbonyl (C=O) groups is 1. The Morgan fingerprint density at radius 2 is 2.38 bits per heavy atom. The molecule has 3 rings (SSSR count). The molecule has 1 aromatic carbocycles. The number of benzene rings is 1. The van der Waals surface area contributed by atoms with Crippen LogP contribution in [0.5, 0.6) is 5.75 Å². The van der Waals surface area contributed by atoms with Crippen molar-refractivity contribution in [2.75, 3.05) is 11.9 Å². The van der Waals surface area contributed by atoms with E-state index in [1.54, 1.807) is 0 Å². The van der Waals surface area contributed by atoms with E-state index in [9.17, 15) is 9.18 Å². The Balaban J connectivity index is 1.71. The number of aromatic nitrogens is 2. The molecule has 1 fully saturated rings. The summed E-state index contributed by atoms with van der Waals surface area (Å²) in [5.74, 6) is -1.66. The third kappa shape index (κ3) is 2.84. The van der Waals surface area contributed by atoms with Crippen molar-refractivity contribution in [2.24, 2.45) is 0 Å². The fourth-order valence-corrected chi connectivity index (χ4v) is 2.14. The molecule has 8 heteroatoms. The Bertz CT molecular complexity index is 667. The van der Waals surface area contributed by atoms with Crippen molar-refractivity contribution in [3.8, 4) is 5.75 Å². The molecule has 1 amide bonds. The SMILES string of the molecule is O=C(Nc1ccc(O)c(F)c1)c1noc(C2CCCN2)n1. The highest BCUT2D eigenvalue weighted by Gasteiger charge is 2.24. The molecule has 1 atom stereocenters. The quantitative estimate of drug-likeness (QED) is 0.743. The summed E-state index contributed by atoms with van der Waals surface area (Å²) >= 11 is 0. The number of amides is 1. The first-order valence-electron chi connectivity index (χ1n) is 6.50. The van der Waals surface area contributed by atoms with E-state index < -0.39 is 17.5 Å².